The maximum atomic E-state index is 13.1. The Labute approximate surface area is 209 Å². The Balaban J connectivity index is 1.44. The highest BCUT2D eigenvalue weighted by Crippen LogP contribution is 2.34. The highest BCUT2D eigenvalue weighted by molar-refractivity contribution is 7.98. The molecule has 0 bridgehead atoms. The van der Waals surface area contributed by atoms with Crippen LogP contribution in [0.5, 0.6) is 0 Å². The van der Waals surface area contributed by atoms with Crippen molar-refractivity contribution in [3.05, 3.63) is 34.4 Å². The van der Waals surface area contributed by atoms with Crippen molar-refractivity contribution in [2.75, 3.05) is 7.11 Å². The molecule has 0 saturated carbocycles. The largest absolute Gasteiger partial charge is 0.465 e. The van der Waals surface area contributed by atoms with Gasteiger partial charge in [-0.3, -0.25) is 4.68 Å². The number of aryl methyl sites for hydroxylation is 2. The Morgan fingerprint density at radius 2 is 2.03 bits per heavy atom. The molecule has 0 aliphatic carbocycles. The van der Waals surface area contributed by atoms with E-state index < -0.39 is 17.8 Å². The lowest BCUT2D eigenvalue weighted by atomic mass is 10.2. The molecule has 0 radical (unpaired) electrons. The number of thioether (sulfide) groups is 1. The summed E-state index contributed by atoms with van der Waals surface area (Å²) in [6, 6.07) is 0.957. The van der Waals surface area contributed by atoms with E-state index in [0.717, 1.165) is 21.7 Å². The number of ether oxygens (including phenoxy) is 1. The number of methoxy groups -OCH3 is 1. The van der Waals surface area contributed by atoms with Crippen molar-refractivity contribution in [2.24, 2.45) is 7.05 Å². The van der Waals surface area contributed by atoms with E-state index in [2.05, 4.69) is 30.4 Å². The summed E-state index contributed by atoms with van der Waals surface area (Å²) in [5.41, 5.74) is 0.494. The van der Waals surface area contributed by atoms with E-state index in [1.165, 1.54) is 43.6 Å². The fraction of sp³-hybridized carbons (Fsp3) is 0.350. The highest BCUT2D eigenvalue weighted by Gasteiger charge is 2.35. The normalized spacial score (nSPS) is 12.2. The molecule has 0 aliphatic heterocycles. The number of nitrogens with zero attached hydrogens (tertiary/aromatic N) is 9. The number of thiophene rings is 1. The SMILES string of the molecule is CCn1c(SCc2nc3c4c(C)c(C(=O)OC)sc4ncn3n2)nnc1-c1cc(C(F)(F)F)nn1C. The second-order valence-electron chi connectivity index (χ2n) is 7.64. The predicted molar refractivity (Wildman–Crippen MR) is 125 cm³/mol. The van der Waals surface area contributed by atoms with Crippen LogP contribution in [0.25, 0.3) is 27.4 Å². The average Bonchev–Trinajstić information content (AvgIpc) is 3.59. The summed E-state index contributed by atoms with van der Waals surface area (Å²) in [5.74, 6) is 0.665. The summed E-state index contributed by atoms with van der Waals surface area (Å²) in [6.45, 7) is 4.09. The number of esters is 1. The van der Waals surface area contributed by atoms with Crippen LogP contribution in [0.1, 0.15) is 33.7 Å². The second kappa shape index (κ2) is 8.85. The first-order valence-corrected chi connectivity index (χ1v) is 12.3. The third-order valence-electron chi connectivity index (χ3n) is 5.44. The molecule has 11 nitrogen and oxygen atoms in total. The summed E-state index contributed by atoms with van der Waals surface area (Å²) < 4.78 is 48.5. The van der Waals surface area contributed by atoms with Crippen LogP contribution in [-0.2, 0) is 30.3 Å². The van der Waals surface area contributed by atoms with Gasteiger partial charge in [0.25, 0.3) is 0 Å². The Bertz CT molecular complexity index is 1620. The van der Waals surface area contributed by atoms with Gasteiger partial charge >= 0.3 is 12.1 Å². The molecule has 0 unspecified atom stereocenters. The number of hydrogen-bond acceptors (Lipinski definition) is 10. The van der Waals surface area contributed by atoms with Crippen LogP contribution in [0.3, 0.4) is 0 Å². The number of rotatable bonds is 6. The van der Waals surface area contributed by atoms with E-state index in [-0.39, 0.29) is 11.5 Å². The van der Waals surface area contributed by atoms with Crippen LogP contribution in [0, 0.1) is 6.92 Å². The standard InChI is InChI=1S/C20H18F3N9O2S2/c1-5-31-15(10-6-11(20(21,22)23)28-30(10)3)26-27-19(31)35-7-12-25-16-13-9(2)14(18(33)34-4)36-17(13)24-8-32(16)29-12/h6,8H,5,7H2,1-4H3. The highest BCUT2D eigenvalue weighted by atomic mass is 32.2. The fourth-order valence-electron chi connectivity index (χ4n) is 3.74. The lowest BCUT2D eigenvalue weighted by molar-refractivity contribution is -0.141. The quantitative estimate of drug-likeness (QED) is 0.236. The summed E-state index contributed by atoms with van der Waals surface area (Å²) in [7, 11) is 2.76. The molecule has 0 aliphatic rings. The number of carbonyl (C=O) groups excluding carboxylic acids is 1. The Morgan fingerprint density at radius 3 is 2.69 bits per heavy atom. The summed E-state index contributed by atoms with van der Waals surface area (Å²) in [4.78, 5) is 22.2. The summed E-state index contributed by atoms with van der Waals surface area (Å²) in [6.07, 6.45) is -3.03. The molecule has 0 saturated heterocycles. The van der Waals surface area contributed by atoms with E-state index in [0.29, 0.717) is 38.6 Å². The topological polar surface area (TPSA) is 118 Å². The van der Waals surface area contributed by atoms with Gasteiger partial charge in [0.15, 0.2) is 28.1 Å². The molecule has 0 fully saturated rings. The van der Waals surface area contributed by atoms with Gasteiger partial charge in [-0.1, -0.05) is 11.8 Å². The van der Waals surface area contributed by atoms with Crippen LogP contribution in [0.2, 0.25) is 0 Å². The van der Waals surface area contributed by atoms with Gasteiger partial charge in [-0.25, -0.2) is 19.3 Å². The molecule has 0 spiro atoms. The van der Waals surface area contributed by atoms with Gasteiger partial charge in [-0.2, -0.15) is 18.3 Å². The van der Waals surface area contributed by atoms with E-state index in [1.54, 1.807) is 9.08 Å². The van der Waals surface area contributed by atoms with Crippen LogP contribution < -0.4 is 0 Å². The number of halogens is 3. The first-order chi connectivity index (χ1) is 17.1. The van der Waals surface area contributed by atoms with Crippen LogP contribution in [0.4, 0.5) is 13.2 Å². The van der Waals surface area contributed by atoms with E-state index >= 15 is 0 Å². The molecule has 188 valence electrons. The number of alkyl halides is 3. The van der Waals surface area contributed by atoms with Gasteiger partial charge in [0.2, 0.25) is 0 Å². The minimum Gasteiger partial charge on any atom is -0.465 e. The second-order valence-corrected chi connectivity index (χ2v) is 9.59. The van der Waals surface area contributed by atoms with Crippen molar-refractivity contribution in [3.8, 4) is 11.5 Å². The number of fused-ring (bicyclic) bond motifs is 3. The number of aromatic nitrogens is 9. The Morgan fingerprint density at radius 1 is 1.25 bits per heavy atom. The molecule has 5 aromatic rings. The molecule has 16 heteroatoms. The summed E-state index contributed by atoms with van der Waals surface area (Å²) >= 11 is 2.53. The molecule has 36 heavy (non-hydrogen) atoms. The molecule has 5 aromatic heterocycles. The monoisotopic (exact) mass is 537 g/mol. The van der Waals surface area contributed by atoms with Crippen molar-refractivity contribution in [3.63, 3.8) is 0 Å². The third kappa shape index (κ3) is 3.99. The maximum absolute atomic E-state index is 13.1. The van der Waals surface area contributed by atoms with Crippen molar-refractivity contribution < 1.29 is 22.7 Å². The zero-order valence-corrected chi connectivity index (χ0v) is 21.0. The van der Waals surface area contributed by atoms with E-state index in [1.807, 2.05) is 13.8 Å². The van der Waals surface area contributed by atoms with E-state index in [9.17, 15) is 18.0 Å². The van der Waals surface area contributed by atoms with Gasteiger partial charge in [-0.05, 0) is 25.5 Å². The lowest BCUT2D eigenvalue weighted by Gasteiger charge is -2.06. The van der Waals surface area contributed by atoms with Crippen molar-refractivity contribution >= 4 is 44.9 Å². The zero-order chi connectivity index (χ0) is 25.8. The molecular weight excluding hydrogens is 519 g/mol. The molecule has 0 amide bonds. The van der Waals surface area contributed by atoms with Crippen LogP contribution >= 0.6 is 23.1 Å². The lowest BCUT2D eigenvalue weighted by Crippen LogP contribution is -2.06. The predicted octanol–water partition coefficient (Wildman–Crippen LogP) is 3.76. The average molecular weight is 538 g/mol. The number of hydrogen-bond donors (Lipinski definition) is 0. The van der Waals surface area contributed by atoms with Gasteiger partial charge in [0.05, 0.1) is 18.2 Å². The minimum atomic E-state index is -4.56. The molecular formula is C20H18F3N9O2S2. The molecule has 5 heterocycles. The smallest absolute Gasteiger partial charge is 0.435 e. The van der Waals surface area contributed by atoms with Crippen molar-refractivity contribution in [1.82, 2.24) is 44.1 Å². The molecule has 0 aromatic carbocycles. The van der Waals surface area contributed by atoms with E-state index in [4.69, 9.17) is 4.74 Å². The maximum Gasteiger partial charge on any atom is 0.435 e. The first-order valence-electron chi connectivity index (χ1n) is 10.5. The van der Waals surface area contributed by atoms with Gasteiger partial charge in [0, 0.05) is 13.6 Å². The molecule has 5 rings (SSSR count). The summed E-state index contributed by atoms with van der Waals surface area (Å²) in [5, 5.41) is 17.5. The van der Waals surface area contributed by atoms with Gasteiger partial charge in [-0.15, -0.1) is 26.6 Å². The minimum absolute atomic E-state index is 0.206. The van der Waals surface area contributed by atoms with Gasteiger partial charge in [0.1, 0.15) is 21.7 Å². The molecule has 0 N–H and O–H groups in total. The molecule has 0 atom stereocenters. The van der Waals surface area contributed by atoms with Crippen molar-refractivity contribution in [1.29, 1.82) is 0 Å². The Kier molecular flexibility index (Phi) is 5.94. The van der Waals surface area contributed by atoms with Crippen LogP contribution in [0.15, 0.2) is 17.6 Å². The number of carbonyl (C=O) groups is 1. The van der Waals surface area contributed by atoms with Gasteiger partial charge < -0.3 is 9.30 Å². The van der Waals surface area contributed by atoms with Crippen molar-refractivity contribution in [2.45, 2.75) is 37.5 Å². The zero-order valence-electron chi connectivity index (χ0n) is 19.4. The third-order valence-corrected chi connectivity index (χ3v) is 7.59. The fourth-order valence-corrected chi connectivity index (χ4v) is 5.65. The van der Waals surface area contributed by atoms with Crippen LogP contribution in [-0.4, -0.2) is 57.2 Å². The first kappa shape index (κ1) is 24.2. The Hall–Kier alpha value is -3.53.